The summed E-state index contributed by atoms with van der Waals surface area (Å²) in [5, 5.41) is 2.89. The second-order valence-corrected chi connectivity index (χ2v) is 5.12. The van der Waals surface area contributed by atoms with Gasteiger partial charge in [-0.05, 0) is 37.3 Å². The van der Waals surface area contributed by atoms with E-state index in [0.717, 1.165) is 0 Å². The third kappa shape index (κ3) is 3.89. The fourth-order valence-electron chi connectivity index (χ4n) is 1.74. The van der Waals surface area contributed by atoms with Gasteiger partial charge in [-0.25, -0.2) is 4.39 Å². The summed E-state index contributed by atoms with van der Waals surface area (Å²) in [6.07, 6.45) is 0. The highest BCUT2D eigenvalue weighted by Crippen LogP contribution is 2.24. The molecule has 0 fully saturated rings. The predicted octanol–water partition coefficient (Wildman–Crippen LogP) is 4.42. The Hall–Kier alpha value is -1.72. The molecule has 0 saturated heterocycles. The highest BCUT2D eigenvalue weighted by Gasteiger charge is 2.12. The van der Waals surface area contributed by atoms with E-state index in [1.54, 1.807) is 31.2 Å². The summed E-state index contributed by atoms with van der Waals surface area (Å²) in [6, 6.07) is 9.03. The zero-order chi connectivity index (χ0) is 15.4. The van der Waals surface area contributed by atoms with Gasteiger partial charge in [-0.15, -0.1) is 12.6 Å². The number of benzene rings is 2. The summed E-state index contributed by atoms with van der Waals surface area (Å²) in [7, 11) is 0. The molecule has 2 aromatic rings. The molecule has 0 bridgehead atoms. The topological polar surface area (TPSA) is 38.3 Å². The van der Waals surface area contributed by atoms with E-state index in [0.29, 0.717) is 22.2 Å². The van der Waals surface area contributed by atoms with Gasteiger partial charge in [-0.1, -0.05) is 11.6 Å². The van der Waals surface area contributed by atoms with Gasteiger partial charge >= 0.3 is 0 Å². The van der Waals surface area contributed by atoms with Crippen molar-refractivity contribution in [3.8, 4) is 5.75 Å². The van der Waals surface area contributed by atoms with Crippen LogP contribution >= 0.6 is 24.2 Å². The number of carbonyl (C=O) groups is 1. The van der Waals surface area contributed by atoms with Crippen LogP contribution in [-0.4, -0.2) is 12.5 Å². The highest BCUT2D eigenvalue weighted by molar-refractivity contribution is 7.80. The van der Waals surface area contributed by atoms with E-state index in [4.69, 9.17) is 16.3 Å². The zero-order valence-electron chi connectivity index (χ0n) is 11.2. The minimum atomic E-state index is -0.538. The molecular weight excluding hydrogens is 313 g/mol. The Kier molecular flexibility index (Phi) is 5.09. The third-order valence-corrected chi connectivity index (χ3v) is 3.29. The number of amides is 1. The van der Waals surface area contributed by atoms with E-state index in [2.05, 4.69) is 17.9 Å². The van der Waals surface area contributed by atoms with E-state index in [-0.39, 0.29) is 11.3 Å². The van der Waals surface area contributed by atoms with E-state index in [1.165, 1.54) is 12.1 Å². The fraction of sp³-hybridized carbons (Fsp3) is 0.133. The Morgan fingerprint density at radius 1 is 1.33 bits per heavy atom. The van der Waals surface area contributed by atoms with Gasteiger partial charge in [-0.3, -0.25) is 4.79 Å². The molecule has 3 nitrogen and oxygen atoms in total. The lowest BCUT2D eigenvalue weighted by molar-refractivity contribution is 0.102. The Balaban J connectivity index is 2.19. The van der Waals surface area contributed by atoms with Crippen LogP contribution in [0.3, 0.4) is 0 Å². The van der Waals surface area contributed by atoms with Gasteiger partial charge in [0.1, 0.15) is 0 Å². The number of anilines is 1. The molecule has 0 unspecified atom stereocenters. The number of ether oxygens (including phenoxy) is 1. The quantitative estimate of drug-likeness (QED) is 0.817. The van der Waals surface area contributed by atoms with Crippen LogP contribution in [0, 0.1) is 5.82 Å². The van der Waals surface area contributed by atoms with Crippen LogP contribution in [0.1, 0.15) is 17.3 Å². The van der Waals surface area contributed by atoms with Crippen LogP contribution < -0.4 is 10.1 Å². The first-order valence-corrected chi connectivity index (χ1v) is 7.06. The lowest BCUT2D eigenvalue weighted by Crippen LogP contribution is -2.12. The lowest BCUT2D eigenvalue weighted by Gasteiger charge is -2.09. The molecule has 0 aliphatic carbocycles. The molecule has 0 aliphatic rings. The number of hydrogen-bond acceptors (Lipinski definition) is 3. The maximum absolute atomic E-state index is 13.7. The summed E-state index contributed by atoms with van der Waals surface area (Å²) in [6.45, 7) is 2.13. The normalized spacial score (nSPS) is 10.3. The standard InChI is InChI=1S/C15H13ClFNO2S/c1-2-20-14-6-3-9(7-13(14)17)18-15(19)11-8-10(21)4-5-12(11)16/h3-8,21H,2H2,1H3,(H,18,19). The smallest absolute Gasteiger partial charge is 0.257 e. The number of nitrogens with one attached hydrogen (secondary N) is 1. The second-order valence-electron chi connectivity index (χ2n) is 4.20. The van der Waals surface area contributed by atoms with E-state index >= 15 is 0 Å². The van der Waals surface area contributed by atoms with Crippen molar-refractivity contribution in [2.45, 2.75) is 11.8 Å². The molecule has 1 N–H and O–H groups in total. The van der Waals surface area contributed by atoms with Gasteiger partial charge < -0.3 is 10.1 Å². The van der Waals surface area contributed by atoms with E-state index in [9.17, 15) is 9.18 Å². The van der Waals surface area contributed by atoms with Crippen molar-refractivity contribution in [2.75, 3.05) is 11.9 Å². The molecule has 21 heavy (non-hydrogen) atoms. The summed E-state index contributed by atoms with van der Waals surface area (Å²) in [4.78, 5) is 12.7. The van der Waals surface area contributed by atoms with Gasteiger partial charge in [0, 0.05) is 16.6 Å². The Labute approximate surface area is 132 Å². The van der Waals surface area contributed by atoms with Gasteiger partial charge in [0.15, 0.2) is 11.6 Å². The largest absolute Gasteiger partial charge is 0.491 e. The van der Waals surface area contributed by atoms with Crippen LogP contribution in [0.4, 0.5) is 10.1 Å². The maximum atomic E-state index is 13.7. The molecule has 110 valence electrons. The van der Waals surface area contributed by atoms with Crippen LogP contribution in [0.2, 0.25) is 5.02 Å². The Morgan fingerprint density at radius 3 is 2.76 bits per heavy atom. The zero-order valence-corrected chi connectivity index (χ0v) is 12.8. The molecule has 2 aromatic carbocycles. The van der Waals surface area contributed by atoms with Gasteiger partial charge in [-0.2, -0.15) is 0 Å². The molecule has 0 heterocycles. The summed E-state index contributed by atoms with van der Waals surface area (Å²) in [5.74, 6) is -0.825. The highest BCUT2D eigenvalue weighted by atomic mass is 35.5. The number of rotatable bonds is 4. The molecular formula is C15H13ClFNO2S. The molecule has 0 aliphatic heterocycles. The van der Waals surface area contributed by atoms with Crippen molar-refractivity contribution in [3.05, 3.63) is 52.8 Å². The average molecular weight is 326 g/mol. The number of hydrogen-bond donors (Lipinski definition) is 2. The predicted molar refractivity (Wildman–Crippen MR) is 84.2 cm³/mol. The van der Waals surface area contributed by atoms with E-state index < -0.39 is 11.7 Å². The maximum Gasteiger partial charge on any atom is 0.257 e. The summed E-state index contributed by atoms with van der Waals surface area (Å²) < 4.78 is 18.8. The molecule has 1 amide bonds. The minimum absolute atomic E-state index is 0.144. The number of thiol groups is 1. The monoisotopic (exact) mass is 325 g/mol. The molecule has 0 aromatic heterocycles. The molecule has 0 radical (unpaired) electrons. The summed E-state index contributed by atoms with van der Waals surface area (Å²) >= 11 is 10.1. The minimum Gasteiger partial charge on any atom is -0.491 e. The van der Waals surface area contributed by atoms with Crippen molar-refractivity contribution in [3.63, 3.8) is 0 Å². The van der Waals surface area contributed by atoms with Crippen molar-refractivity contribution >= 4 is 35.8 Å². The van der Waals surface area contributed by atoms with Crippen LogP contribution in [0.25, 0.3) is 0 Å². The first kappa shape index (κ1) is 15.7. The van der Waals surface area contributed by atoms with Crippen molar-refractivity contribution < 1.29 is 13.9 Å². The molecule has 0 spiro atoms. The Morgan fingerprint density at radius 2 is 2.10 bits per heavy atom. The van der Waals surface area contributed by atoms with E-state index in [1.807, 2.05) is 0 Å². The van der Waals surface area contributed by atoms with Gasteiger partial charge in [0.2, 0.25) is 0 Å². The van der Waals surface area contributed by atoms with Crippen LogP contribution in [0.5, 0.6) is 5.75 Å². The molecule has 0 atom stereocenters. The summed E-state index contributed by atoms with van der Waals surface area (Å²) in [5.41, 5.74) is 0.597. The fourth-order valence-corrected chi connectivity index (χ4v) is 2.14. The van der Waals surface area contributed by atoms with Gasteiger partial charge in [0.25, 0.3) is 5.91 Å². The molecule has 2 rings (SSSR count). The number of halogens is 2. The Bertz CT molecular complexity index is 679. The second kappa shape index (κ2) is 6.83. The SMILES string of the molecule is CCOc1ccc(NC(=O)c2cc(S)ccc2Cl)cc1F. The van der Waals surface area contributed by atoms with Crippen LogP contribution in [-0.2, 0) is 0 Å². The van der Waals surface area contributed by atoms with Crippen molar-refractivity contribution in [1.29, 1.82) is 0 Å². The van der Waals surface area contributed by atoms with Crippen LogP contribution in [0.15, 0.2) is 41.3 Å². The third-order valence-electron chi connectivity index (χ3n) is 2.68. The van der Waals surface area contributed by atoms with Gasteiger partial charge in [0.05, 0.1) is 17.2 Å². The lowest BCUT2D eigenvalue weighted by atomic mass is 10.2. The molecule has 6 heteroatoms. The molecule has 0 saturated carbocycles. The van der Waals surface area contributed by atoms with Crippen molar-refractivity contribution in [1.82, 2.24) is 0 Å². The van der Waals surface area contributed by atoms with Crippen molar-refractivity contribution in [2.24, 2.45) is 0 Å². The first-order valence-electron chi connectivity index (χ1n) is 6.23. The average Bonchev–Trinajstić information content (AvgIpc) is 2.44. The number of carbonyl (C=O) groups excluding carboxylic acids is 1. The first-order chi connectivity index (χ1) is 10.0.